The topological polar surface area (TPSA) is 85.6 Å². The Balaban J connectivity index is 1.62. The summed E-state index contributed by atoms with van der Waals surface area (Å²) in [7, 11) is 1.86. The van der Waals surface area contributed by atoms with Gasteiger partial charge in [0.1, 0.15) is 12.2 Å². The molecule has 1 saturated carbocycles. The zero-order valence-electron chi connectivity index (χ0n) is 14.1. The van der Waals surface area contributed by atoms with E-state index < -0.39 is 0 Å². The van der Waals surface area contributed by atoms with E-state index in [0.717, 1.165) is 24.2 Å². The first-order valence-electron chi connectivity index (χ1n) is 8.22. The van der Waals surface area contributed by atoms with E-state index in [9.17, 15) is 4.79 Å². The van der Waals surface area contributed by atoms with Gasteiger partial charge >= 0.3 is 0 Å². The fourth-order valence-corrected chi connectivity index (χ4v) is 2.75. The number of para-hydroxylation sites is 1. The van der Waals surface area contributed by atoms with Crippen molar-refractivity contribution in [2.24, 2.45) is 7.05 Å². The summed E-state index contributed by atoms with van der Waals surface area (Å²) >= 11 is 0. The molecule has 0 unspecified atom stereocenters. The molecule has 0 saturated heterocycles. The number of rotatable bonds is 4. The van der Waals surface area contributed by atoms with E-state index in [4.69, 9.17) is 0 Å². The summed E-state index contributed by atoms with van der Waals surface area (Å²) in [5.41, 5.74) is 2.67. The summed E-state index contributed by atoms with van der Waals surface area (Å²) < 4.78 is 1.81. The molecule has 4 rings (SSSR count). The highest BCUT2D eigenvalue weighted by molar-refractivity contribution is 6.06. The predicted molar refractivity (Wildman–Crippen MR) is 93.1 cm³/mol. The van der Waals surface area contributed by atoms with Crippen LogP contribution in [0.3, 0.4) is 0 Å². The minimum atomic E-state index is -0.227. The minimum absolute atomic E-state index is 0.227. The Labute approximate surface area is 145 Å². The van der Waals surface area contributed by atoms with E-state index >= 15 is 0 Å². The Hall–Kier alpha value is -3.09. The van der Waals surface area contributed by atoms with Gasteiger partial charge in [-0.3, -0.25) is 4.79 Å². The lowest BCUT2D eigenvalue weighted by atomic mass is 10.1. The minimum Gasteiger partial charge on any atom is -0.321 e. The van der Waals surface area contributed by atoms with Crippen molar-refractivity contribution in [1.29, 1.82) is 0 Å². The lowest BCUT2D eigenvalue weighted by molar-refractivity contribution is 0.102. The summed E-state index contributed by atoms with van der Waals surface area (Å²) in [6.07, 6.45) is 5.52. The van der Waals surface area contributed by atoms with Gasteiger partial charge in [0, 0.05) is 24.7 Å². The van der Waals surface area contributed by atoms with Gasteiger partial charge in [0.05, 0.1) is 16.9 Å². The number of carbonyl (C=O) groups excluding carboxylic acids is 1. The van der Waals surface area contributed by atoms with Crippen molar-refractivity contribution in [2.75, 3.05) is 5.32 Å². The van der Waals surface area contributed by atoms with Crippen LogP contribution in [0.4, 0.5) is 5.69 Å². The fraction of sp³-hybridized carbons (Fsp3) is 0.278. The number of aryl methyl sites for hydroxylation is 2. The average molecular weight is 334 g/mol. The monoisotopic (exact) mass is 334 g/mol. The standard InChI is InChI=1S/C18H18N6O/c1-11-14(9-19-16(21-11)12-7-8-12)18(25)22-15-6-4-3-5-13(15)17-23-20-10-24(17)2/h3-6,9-10,12H,7-8H2,1-2H3,(H,22,25). The third-order valence-electron chi connectivity index (χ3n) is 4.31. The third kappa shape index (κ3) is 3.00. The molecule has 126 valence electrons. The molecule has 1 fully saturated rings. The lowest BCUT2D eigenvalue weighted by Gasteiger charge is -2.11. The maximum absolute atomic E-state index is 12.7. The Kier molecular flexibility index (Phi) is 3.76. The van der Waals surface area contributed by atoms with Crippen LogP contribution in [0.25, 0.3) is 11.4 Å². The van der Waals surface area contributed by atoms with Crippen molar-refractivity contribution in [3.8, 4) is 11.4 Å². The van der Waals surface area contributed by atoms with E-state index in [0.29, 0.717) is 28.7 Å². The fourth-order valence-electron chi connectivity index (χ4n) is 2.75. The second-order valence-electron chi connectivity index (χ2n) is 6.27. The molecule has 0 bridgehead atoms. The van der Waals surface area contributed by atoms with Gasteiger partial charge in [-0.15, -0.1) is 10.2 Å². The van der Waals surface area contributed by atoms with Crippen LogP contribution in [0.5, 0.6) is 0 Å². The predicted octanol–water partition coefficient (Wildman–Crippen LogP) is 2.71. The molecule has 1 aliphatic rings. The normalized spacial score (nSPS) is 13.7. The van der Waals surface area contributed by atoms with Crippen LogP contribution >= 0.6 is 0 Å². The Bertz CT molecular complexity index is 944. The van der Waals surface area contributed by atoms with Crippen LogP contribution in [-0.2, 0) is 7.05 Å². The van der Waals surface area contributed by atoms with Gasteiger partial charge in [0.2, 0.25) is 0 Å². The maximum Gasteiger partial charge on any atom is 0.259 e. The van der Waals surface area contributed by atoms with Crippen molar-refractivity contribution in [2.45, 2.75) is 25.7 Å². The van der Waals surface area contributed by atoms with E-state index in [1.54, 1.807) is 12.5 Å². The number of carbonyl (C=O) groups is 1. The average Bonchev–Trinajstić information content (AvgIpc) is 3.37. The van der Waals surface area contributed by atoms with Crippen molar-refractivity contribution < 1.29 is 4.79 Å². The molecule has 0 atom stereocenters. The highest BCUT2D eigenvalue weighted by Gasteiger charge is 2.27. The first-order valence-corrected chi connectivity index (χ1v) is 8.22. The van der Waals surface area contributed by atoms with Crippen LogP contribution in [0.15, 0.2) is 36.8 Å². The molecule has 0 spiro atoms. The number of benzene rings is 1. The van der Waals surface area contributed by atoms with Gasteiger partial charge in [-0.05, 0) is 31.9 Å². The molecule has 1 amide bonds. The van der Waals surface area contributed by atoms with Crippen molar-refractivity contribution in [3.05, 3.63) is 53.9 Å². The highest BCUT2D eigenvalue weighted by atomic mass is 16.1. The molecule has 0 aliphatic heterocycles. The quantitative estimate of drug-likeness (QED) is 0.793. The summed E-state index contributed by atoms with van der Waals surface area (Å²) in [4.78, 5) is 21.5. The second-order valence-corrected chi connectivity index (χ2v) is 6.27. The largest absolute Gasteiger partial charge is 0.321 e. The SMILES string of the molecule is Cc1nc(C2CC2)ncc1C(=O)Nc1ccccc1-c1nncn1C. The number of aromatic nitrogens is 5. The molecular weight excluding hydrogens is 316 g/mol. The number of hydrogen-bond donors (Lipinski definition) is 1. The molecular formula is C18H18N6O. The summed E-state index contributed by atoms with van der Waals surface area (Å²) in [6, 6.07) is 7.52. The van der Waals surface area contributed by atoms with E-state index in [1.807, 2.05) is 42.8 Å². The van der Waals surface area contributed by atoms with Crippen LogP contribution in [0, 0.1) is 6.92 Å². The summed E-state index contributed by atoms with van der Waals surface area (Å²) in [6.45, 7) is 1.84. The molecule has 2 aromatic heterocycles. The number of amides is 1. The zero-order chi connectivity index (χ0) is 17.4. The van der Waals surface area contributed by atoms with Crippen LogP contribution in [0.1, 0.15) is 40.6 Å². The number of anilines is 1. The van der Waals surface area contributed by atoms with Gasteiger partial charge in [-0.1, -0.05) is 12.1 Å². The van der Waals surface area contributed by atoms with E-state index in [1.165, 1.54) is 0 Å². The van der Waals surface area contributed by atoms with Gasteiger partial charge in [-0.25, -0.2) is 9.97 Å². The molecule has 1 N–H and O–H groups in total. The highest BCUT2D eigenvalue weighted by Crippen LogP contribution is 2.38. The van der Waals surface area contributed by atoms with Gasteiger partial charge in [-0.2, -0.15) is 0 Å². The number of hydrogen-bond acceptors (Lipinski definition) is 5. The number of nitrogens with zero attached hydrogens (tertiary/aromatic N) is 5. The van der Waals surface area contributed by atoms with Gasteiger partial charge in [0.15, 0.2) is 5.82 Å². The van der Waals surface area contributed by atoms with E-state index in [2.05, 4.69) is 25.5 Å². The van der Waals surface area contributed by atoms with Crippen molar-refractivity contribution in [1.82, 2.24) is 24.7 Å². The zero-order valence-corrected chi connectivity index (χ0v) is 14.1. The molecule has 2 heterocycles. The van der Waals surface area contributed by atoms with Gasteiger partial charge in [0.25, 0.3) is 5.91 Å². The van der Waals surface area contributed by atoms with Crippen LogP contribution in [-0.4, -0.2) is 30.6 Å². The summed E-state index contributed by atoms with van der Waals surface area (Å²) in [5.74, 6) is 1.77. The second kappa shape index (κ2) is 6.08. The molecule has 7 nitrogen and oxygen atoms in total. The molecule has 1 aromatic carbocycles. The third-order valence-corrected chi connectivity index (χ3v) is 4.31. The molecule has 25 heavy (non-hydrogen) atoms. The Morgan fingerprint density at radius 2 is 2.08 bits per heavy atom. The van der Waals surface area contributed by atoms with Crippen LogP contribution in [0.2, 0.25) is 0 Å². The first-order chi connectivity index (χ1) is 12.1. The lowest BCUT2D eigenvalue weighted by Crippen LogP contribution is -2.16. The number of nitrogens with one attached hydrogen (secondary N) is 1. The van der Waals surface area contributed by atoms with Crippen molar-refractivity contribution >= 4 is 11.6 Å². The van der Waals surface area contributed by atoms with Crippen molar-refractivity contribution in [3.63, 3.8) is 0 Å². The molecule has 7 heteroatoms. The Morgan fingerprint density at radius 1 is 1.28 bits per heavy atom. The Morgan fingerprint density at radius 3 is 2.76 bits per heavy atom. The smallest absolute Gasteiger partial charge is 0.259 e. The molecule has 3 aromatic rings. The van der Waals surface area contributed by atoms with Gasteiger partial charge < -0.3 is 9.88 Å². The maximum atomic E-state index is 12.7. The van der Waals surface area contributed by atoms with E-state index in [-0.39, 0.29) is 5.91 Å². The molecule has 0 radical (unpaired) electrons. The first kappa shape index (κ1) is 15.4. The summed E-state index contributed by atoms with van der Waals surface area (Å²) in [5, 5.41) is 11.0. The molecule has 1 aliphatic carbocycles. The van der Waals surface area contributed by atoms with Crippen LogP contribution < -0.4 is 5.32 Å².